The number of aromatic hydroxyl groups is 1. The van der Waals surface area contributed by atoms with Crippen molar-refractivity contribution in [2.45, 2.75) is 6.92 Å². The zero-order valence-corrected chi connectivity index (χ0v) is 10.0. The van der Waals surface area contributed by atoms with Crippen LogP contribution in [0.4, 0.5) is 0 Å². The molecule has 2 aromatic rings. The first kappa shape index (κ1) is 12.2. The Morgan fingerprint density at radius 3 is 3.06 bits per heavy atom. The van der Waals surface area contributed by atoms with Gasteiger partial charge < -0.3 is 14.8 Å². The van der Waals surface area contributed by atoms with Crippen molar-refractivity contribution in [1.82, 2.24) is 4.98 Å². The summed E-state index contributed by atoms with van der Waals surface area (Å²) in [6.45, 7) is 2.03. The van der Waals surface area contributed by atoms with E-state index in [2.05, 4.69) is 9.98 Å². The van der Waals surface area contributed by atoms with Crippen LogP contribution in [0.3, 0.4) is 0 Å². The number of benzene rings is 1. The van der Waals surface area contributed by atoms with Crippen LogP contribution in [0.5, 0.6) is 5.88 Å². The minimum atomic E-state index is -0.381. The molecule has 1 heterocycles. The van der Waals surface area contributed by atoms with Crippen LogP contribution in [0.15, 0.2) is 29.3 Å². The third kappa shape index (κ3) is 2.51. The smallest absolute Gasteiger partial charge is 0.327 e. The second-order valence-corrected chi connectivity index (χ2v) is 3.71. The van der Waals surface area contributed by atoms with Gasteiger partial charge in [-0.25, -0.2) is 0 Å². The number of rotatable bonds is 4. The van der Waals surface area contributed by atoms with Crippen LogP contribution in [0.1, 0.15) is 12.5 Å². The van der Waals surface area contributed by atoms with Crippen molar-refractivity contribution in [2.75, 3.05) is 13.2 Å². The Hall–Kier alpha value is -2.30. The minimum Gasteiger partial charge on any atom is -0.494 e. The number of hydrogen-bond acceptors (Lipinski definition) is 4. The molecule has 0 spiro atoms. The number of hydrogen-bond donors (Lipinski definition) is 2. The first-order valence-electron chi connectivity index (χ1n) is 5.67. The van der Waals surface area contributed by atoms with Gasteiger partial charge in [-0.1, -0.05) is 18.2 Å². The number of fused-ring (bicyclic) bond motifs is 1. The molecule has 0 radical (unpaired) electrons. The number of H-pyrrole nitrogens is 1. The van der Waals surface area contributed by atoms with Gasteiger partial charge in [0.25, 0.3) is 0 Å². The van der Waals surface area contributed by atoms with E-state index in [0.29, 0.717) is 12.2 Å². The highest BCUT2D eigenvalue weighted by molar-refractivity contribution is 6.02. The second kappa shape index (κ2) is 5.35. The van der Waals surface area contributed by atoms with E-state index in [1.54, 1.807) is 6.92 Å². The molecule has 0 aliphatic heterocycles. The predicted octanol–water partition coefficient (Wildman–Crippen LogP) is 1.86. The van der Waals surface area contributed by atoms with Crippen LogP contribution >= 0.6 is 0 Å². The Kier molecular flexibility index (Phi) is 3.62. The first-order valence-corrected chi connectivity index (χ1v) is 5.67. The number of aromatic nitrogens is 1. The molecular formula is C13H14N2O3. The van der Waals surface area contributed by atoms with Gasteiger partial charge in [0.2, 0.25) is 0 Å². The highest BCUT2D eigenvalue weighted by Gasteiger charge is 2.07. The maximum Gasteiger partial charge on any atom is 0.327 e. The van der Waals surface area contributed by atoms with Gasteiger partial charge in [-0.05, 0) is 13.0 Å². The molecule has 5 nitrogen and oxygen atoms in total. The van der Waals surface area contributed by atoms with Gasteiger partial charge in [0.15, 0.2) is 5.88 Å². The largest absolute Gasteiger partial charge is 0.494 e. The lowest BCUT2D eigenvalue weighted by Crippen LogP contribution is -2.07. The van der Waals surface area contributed by atoms with Crippen LogP contribution < -0.4 is 0 Å². The van der Waals surface area contributed by atoms with E-state index in [9.17, 15) is 9.90 Å². The summed E-state index contributed by atoms with van der Waals surface area (Å²) in [6.07, 6.45) is 1.48. The van der Waals surface area contributed by atoms with Gasteiger partial charge in [0.1, 0.15) is 6.54 Å². The zero-order valence-electron chi connectivity index (χ0n) is 10.0. The average molecular weight is 246 g/mol. The molecule has 0 unspecified atom stereocenters. The molecule has 1 aromatic carbocycles. The lowest BCUT2D eigenvalue weighted by Gasteiger charge is -1.96. The summed E-state index contributed by atoms with van der Waals surface area (Å²) >= 11 is 0. The highest BCUT2D eigenvalue weighted by atomic mass is 16.5. The van der Waals surface area contributed by atoms with E-state index in [-0.39, 0.29) is 18.4 Å². The van der Waals surface area contributed by atoms with E-state index >= 15 is 0 Å². The molecule has 2 N–H and O–H groups in total. The summed E-state index contributed by atoms with van der Waals surface area (Å²) in [5.74, 6) is -0.336. The fraction of sp³-hybridized carbons (Fsp3) is 0.231. The number of aliphatic imine (C=N–C) groups is 1. The quantitative estimate of drug-likeness (QED) is 0.638. The molecule has 0 saturated heterocycles. The highest BCUT2D eigenvalue weighted by Crippen LogP contribution is 2.24. The standard InChI is InChI=1S/C13H14N2O3/c1-2-18-12(16)8-14-7-10-9-5-3-4-6-11(9)15-13(10)17/h3-7,15,17H,2,8H2,1H3. The summed E-state index contributed by atoms with van der Waals surface area (Å²) in [7, 11) is 0. The Morgan fingerprint density at radius 2 is 2.28 bits per heavy atom. The zero-order chi connectivity index (χ0) is 13.0. The predicted molar refractivity (Wildman–Crippen MR) is 69.1 cm³/mol. The van der Waals surface area contributed by atoms with Crippen LogP contribution in [-0.4, -0.2) is 35.4 Å². The molecule has 0 fully saturated rings. The number of nitrogens with zero attached hydrogens (tertiary/aromatic N) is 1. The fourth-order valence-corrected chi connectivity index (χ4v) is 1.70. The van der Waals surface area contributed by atoms with Crippen LogP contribution in [0.25, 0.3) is 10.9 Å². The fourth-order valence-electron chi connectivity index (χ4n) is 1.70. The Balaban J connectivity index is 2.18. The Labute approximate surface area is 104 Å². The molecule has 0 amide bonds. The first-order chi connectivity index (χ1) is 8.72. The van der Waals surface area contributed by atoms with Gasteiger partial charge in [-0.2, -0.15) is 0 Å². The minimum absolute atomic E-state index is 0.0452. The van der Waals surface area contributed by atoms with E-state index in [1.807, 2.05) is 24.3 Å². The van der Waals surface area contributed by atoms with E-state index in [0.717, 1.165) is 10.9 Å². The number of carbonyl (C=O) groups excluding carboxylic acids is 1. The number of ether oxygens (including phenoxy) is 1. The summed E-state index contributed by atoms with van der Waals surface area (Å²) in [4.78, 5) is 17.9. The molecule has 1 aromatic heterocycles. The van der Waals surface area contributed by atoms with Crippen molar-refractivity contribution >= 4 is 23.1 Å². The molecule has 0 aliphatic rings. The molecule has 0 aliphatic carbocycles. The summed E-state index contributed by atoms with van der Waals surface area (Å²) in [6, 6.07) is 7.48. The van der Waals surface area contributed by atoms with Gasteiger partial charge in [-0.15, -0.1) is 0 Å². The van der Waals surface area contributed by atoms with Gasteiger partial charge in [0, 0.05) is 17.1 Å². The Morgan fingerprint density at radius 1 is 1.50 bits per heavy atom. The van der Waals surface area contributed by atoms with E-state index in [1.165, 1.54) is 6.21 Å². The molecule has 0 bridgehead atoms. The van der Waals surface area contributed by atoms with Crippen LogP contribution in [0.2, 0.25) is 0 Å². The third-order valence-electron chi connectivity index (χ3n) is 2.47. The third-order valence-corrected chi connectivity index (χ3v) is 2.47. The van der Waals surface area contributed by atoms with Crippen molar-refractivity contribution in [3.05, 3.63) is 29.8 Å². The molecule has 5 heteroatoms. The molecule has 0 atom stereocenters. The second-order valence-electron chi connectivity index (χ2n) is 3.71. The average Bonchev–Trinajstić information content (AvgIpc) is 2.66. The topological polar surface area (TPSA) is 74.7 Å². The van der Waals surface area contributed by atoms with E-state index in [4.69, 9.17) is 4.74 Å². The van der Waals surface area contributed by atoms with E-state index < -0.39 is 0 Å². The summed E-state index contributed by atoms with van der Waals surface area (Å²) < 4.78 is 4.76. The monoisotopic (exact) mass is 246 g/mol. The number of para-hydroxylation sites is 1. The number of carbonyl (C=O) groups is 1. The van der Waals surface area contributed by atoms with Gasteiger partial charge in [0.05, 0.1) is 12.2 Å². The normalized spacial score (nSPS) is 11.2. The number of aromatic amines is 1. The van der Waals surface area contributed by atoms with Gasteiger partial charge in [-0.3, -0.25) is 9.79 Å². The Bertz CT molecular complexity index is 587. The molecular weight excluding hydrogens is 232 g/mol. The van der Waals surface area contributed by atoms with Crippen molar-refractivity contribution in [2.24, 2.45) is 4.99 Å². The van der Waals surface area contributed by atoms with Crippen molar-refractivity contribution in [3.63, 3.8) is 0 Å². The van der Waals surface area contributed by atoms with Crippen molar-refractivity contribution < 1.29 is 14.6 Å². The summed E-state index contributed by atoms with van der Waals surface area (Å²) in [5.41, 5.74) is 1.41. The SMILES string of the molecule is CCOC(=O)CN=Cc1c(O)[nH]c2ccccc12. The number of esters is 1. The summed E-state index contributed by atoms with van der Waals surface area (Å²) in [5, 5.41) is 10.6. The molecule has 2 rings (SSSR count). The maximum absolute atomic E-state index is 11.1. The lowest BCUT2D eigenvalue weighted by molar-refractivity contribution is -0.141. The van der Waals surface area contributed by atoms with Crippen LogP contribution in [0, 0.1) is 0 Å². The van der Waals surface area contributed by atoms with Crippen molar-refractivity contribution in [1.29, 1.82) is 0 Å². The lowest BCUT2D eigenvalue weighted by atomic mass is 10.2. The van der Waals surface area contributed by atoms with Crippen LogP contribution in [-0.2, 0) is 9.53 Å². The maximum atomic E-state index is 11.1. The molecule has 0 saturated carbocycles. The van der Waals surface area contributed by atoms with Gasteiger partial charge >= 0.3 is 5.97 Å². The number of nitrogens with one attached hydrogen (secondary N) is 1. The molecule has 94 valence electrons. The van der Waals surface area contributed by atoms with Crippen molar-refractivity contribution in [3.8, 4) is 5.88 Å². The molecule has 18 heavy (non-hydrogen) atoms.